The second-order valence-corrected chi connectivity index (χ2v) is 9.00. The second kappa shape index (κ2) is 10.4. The van der Waals surface area contributed by atoms with Crippen molar-refractivity contribution in [1.29, 1.82) is 5.41 Å². The Hall–Kier alpha value is -3.81. The quantitative estimate of drug-likeness (QED) is 0.370. The summed E-state index contributed by atoms with van der Waals surface area (Å²) in [6.45, 7) is 4.18. The van der Waals surface area contributed by atoms with Crippen LogP contribution in [0.1, 0.15) is 78.9 Å². The van der Waals surface area contributed by atoms with Crippen LogP contribution in [0.2, 0.25) is 0 Å². The molecule has 0 radical (unpaired) electrons. The van der Waals surface area contributed by atoms with Gasteiger partial charge in [0.15, 0.2) is 0 Å². The van der Waals surface area contributed by atoms with Crippen LogP contribution in [0, 0.1) is 5.41 Å². The molecule has 1 aromatic carbocycles. The van der Waals surface area contributed by atoms with Gasteiger partial charge >= 0.3 is 0 Å². The molecule has 8 heteroatoms. The Morgan fingerprint density at radius 2 is 1.74 bits per heavy atom. The molecular weight excluding hydrogens is 426 g/mol. The Morgan fingerprint density at radius 1 is 1.03 bits per heavy atom. The molecule has 5 N–H and O–H groups in total. The predicted molar refractivity (Wildman–Crippen MR) is 136 cm³/mol. The van der Waals surface area contributed by atoms with E-state index >= 15 is 0 Å². The number of pyridine rings is 1. The first-order valence-electron chi connectivity index (χ1n) is 11.8. The Labute approximate surface area is 199 Å². The van der Waals surface area contributed by atoms with Crippen molar-refractivity contribution in [2.45, 2.75) is 57.9 Å². The average molecular weight is 458 g/mol. The van der Waals surface area contributed by atoms with E-state index in [9.17, 15) is 4.79 Å². The normalized spacial score (nSPS) is 14.1. The molecule has 3 aromatic rings. The molecule has 0 bridgehead atoms. The molecule has 1 saturated carbocycles. The first kappa shape index (κ1) is 23.4. The Kier molecular flexibility index (Phi) is 7.15. The Balaban J connectivity index is 1.50. The minimum atomic E-state index is -0.256. The van der Waals surface area contributed by atoms with E-state index < -0.39 is 0 Å². The van der Waals surface area contributed by atoms with E-state index in [1.807, 2.05) is 12.1 Å². The first-order valence-corrected chi connectivity index (χ1v) is 11.8. The van der Waals surface area contributed by atoms with Crippen molar-refractivity contribution in [2.75, 3.05) is 16.4 Å². The highest BCUT2D eigenvalue weighted by Crippen LogP contribution is 2.26. The molecule has 1 aliphatic rings. The van der Waals surface area contributed by atoms with Gasteiger partial charge in [-0.1, -0.05) is 45.2 Å². The first-order chi connectivity index (χ1) is 16.4. The molecule has 1 amide bonds. The Morgan fingerprint density at radius 3 is 2.44 bits per heavy atom. The lowest BCUT2D eigenvalue weighted by Crippen LogP contribution is -2.25. The third kappa shape index (κ3) is 5.39. The zero-order valence-corrected chi connectivity index (χ0v) is 19.6. The lowest BCUT2D eigenvalue weighted by atomic mass is 9.95. The van der Waals surface area contributed by atoms with Gasteiger partial charge in [0.1, 0.15) is 23.8 Å². The lowest BCUT2D eigenvalue weighted by Gasteiger charge is -2.24. The van der Waals surface area contributed by atoms with Crippen LogP contribution in [0.3, 0.4) is 0 Å². The molecule has 2 heterocycles. The van der Waals surface area contributed by atoms with Crippen LogP contribution >= 0.6 is 0 Å². The van der Waals surface area contributed by atoms with Gasteiger partial charge in [0.05, 0.1) is 11.3 Å². The van der Waals surface area contributed by atoms with Gasteiger partial charge in [-0.05, 0) is 48.6 Å². The number of nitrogens with one attached hydrogen (secondary N) is 3. The van der Waals surface area contributed by atoms with E-state index in [0.29, 0.717) is 40.3 Å². The molecule has 1 aliphatic carbocycles. The van der Waals surface area contributed by atoms with Gasteiger partial charge < -0.3 is 16.4 Å². The van der Waals surface area contributed by atoms with Gasteiger partial charge in [-0.25, -0.2) is 15.0 Å². The average Bonchev–Trinajstić information content (AvgIpc) is 2.85. The number of hydrogen-bond acceptors (Lipinski definition) is 7. The molecular formula is C26H31N7O. The summed E-state index contributed by atoms with van der Waals surface area (Å²) in [5.74, 6) is 1.45. The van der Waals surface area contributed by atoms with Crippen molar-refractivity contribution in [3.05, 3.63) is 71.2 Å². The molecule has 0 atom stereocenters. The minimum Gasteiger partial charge on any atom is -0.383 e. The van der Waals surface area contributed by atoms with E-state index in [1.165, 1.54) is 25.6 Å². The third-order valence-corrected chi connectivity index (χ3v) is 6.20. The highest BCUT2D eigenvalue weighted by Gasteiger charge is 2.20. The number of carbonyl (C=O) groups excluding carboxylic acids is 1. The monoisotopic (exact) mass is 457 g/mol. The van der Waals surface area contributed by atoms with Crippen LogP contribution in [-0.4, -0.2) is 32.6 Å². The summed E-state index contributed by atoms with van der Waals surface area (Å²) in [5.41, 5.74) is 9.08. The fourth-order valence-electron chi connectivity index (χ4n) is 4.19. The van der Waals surface area contributed by atoms with E-state index in [0.717, 1.165) is 18.4 Å². The maximum atomic E-state index is 12.7. The number of nitrogens with zero attached hydrogens (tertiary/aromatic N) is 3. The summed E-state index contributed by atoms with van der Waals surface area (Å²) >= 11 is 0. The molecule has 1 fully saturated rings. The summed E-state index contributed by atoms with van der Waals surface area (Å²) in [5, 5.41) is 15.1. The van der Waals surface area contributed by atoms with Crippen LogP contribution in [0.4, 0.5) is 17.5 Å². The minimum absolute atomic E-state index is 0.217. The van der Waals surface area contributed by atoms with Gasteiger partial charge in [-0.3, -0.25) is 10.2 Å². The lowest BCUT2D eigenvalue weighted by molar-refractivity contribution is 0.102. The summed E-state index contributed by atoms with van der Waals surface area (Å²) in [4.78, 5) is 25.4. The summed E-state index contributed by atoms with van der Waals surface area (Å²) in [6, 6.07) is 11.0. The third-order valence-electron chi connectivity index (χ3n) is 6.20. The van der Waals surface area contributed by atoms with Crippen molar-refractivity contribution in [3.63, 3.8) is 0 Å². The topological polar surface area (TPSA) is 130 Å². The number of hydrogen-bond donors (Lipinski definition) is 4. The van der Waals surface area contributed by atoms with Crippen molar-refractivity contribution < 1.29 is 4.79 Å². The number of nitrogen functional groups attached to an aromatic ring is 1. The van der Waals surface area contributed by atoms with Gasteiger partial charge in [0.25, 0.3) is 5.91 Å². The van der Waals surface area contributed by atoms with E-state index in [1.54, 1.807) is 30.5 Å². The number of benzene rings is 1. The largest absolute Gasteiger partial charge is 0.383 e. The molecule has 0 unspecified atom stereocenters. The van der Waals surface area contributed by atoms with Gasteiger partial charge in [0, 0.05) is 23.4 Å². The number of aromatic nitrogens is 3. The maximum Gasteiger partial charge on any atom is 0.256 e. The maximum absolute atomic E-state index is 12.7. The van der Waals surface area contributed by atoms with Gasteiger partial charge in [0.2, 0.25) is 0 Å². The number of carbonyl (C=O) groups is 1. The second-order valence-electron chi connectivity index (χ2n) is 9.00. The fourth-order valence-corrected chi connectivity index (χ4v) is 4.19. The molecule has 0 saturated heterocycles. The van der Waals surface area contributed by atoms with Crippen LogP contribution < -0.4 is 16.4 Å². The van der Waals surface area contributed by atoms with Crippen LogP contribution in [-0.2, 0) is 0 Å². The van der Waals surface area contributed by atoms with Crippen molar-refractivity contribution in [3.8, 4) is 0 Å². The van der Waals surface area contributed by atoms with Crippen LogP contribution in [0.25, 0.3) is 0 Å². The highest BCUT2D eigenvalue weighted by atomic mass is 16.1. The van der Waals surface area contributed by atoms with Gasteiger partial charge in [-0.15, -0.1) is 0 Å². The number of nitrogens with two attached hydrogens (primary N) is 1. The zero-order chi connectivity index (χ0) is 24.1. The van der Waals surface area contributed by atoms with E-state index in [4.69, 9.17) is 11.1 Å². The molecule has 2 aromatic heterocycles. The predicted octanol–water partition coefficient (Wildman–Crippen LogP) is 4.99. The SMILES string of the molecule is CC(C)c1ccnc(NC(=O)c2ccc(C(=N)c3c(N)ncnc3NC3CCCCC3)cc2)c1. The van der Waals surface area contributed by atoms with E-state index in [2.05, 4.69) is 39.4 Å². The van der Waals surface area contributed by atoms with Crippen LogP contribution in [0.15, 0.2) is 48.9 Å². The molecule has 176 valence electrons. The molecule has 4 rings (SSSR count). The fraction of sp³-hybridized carbons (Fsp3) is 0.346. The summed E-state index contributed by atoms with van der Waals surface area (Å²) in [7, 11) is 0. The Bertz CT molecular complexity index is 1170. The van der Waals surface area contributed by atoms with Crippen molar-refractivity contribution in [2.24, 2.45) is 0 Å². The number of anilines is 3. The standard InChI is InChI=1S/C26H31N7O/c1-16(2)19-12-13-29-21(14-19)33-26(34)18-10-8-17(9-11-18)23(27)22-24(28)30-15-31-25(22)32-20-6-4-3-5-7-20/h8-16,20,27H,3-7H2,1-2H3,(H,29,33,34)(H3,28,30,31,32). The number of rotatable bonds is 7. The molecule has 34 heavy (non-hydrogen) atoms. The van der Waals surface area contributed by atoms with Crippen LogP contribution in [0.5, 0.6) is 0 Å². The molecule has 0 spiro atoms. The highest BCUT2D eigenvalue weighted by molar-refractivity contribution is 6.16. The summed E-state index contributed by atoms with van der Waals surface area (Å²) < 4.78 is 0. The summed E-state index contributed by atoms with van der Waals surface area (Å²) in [6.07, 6.45) is 8.90. The molecule has 8 nitrogen and oxygen atoms in total. The molecule has 0 aliphatic heterocycles. The van der Waals surface area contributed by atoms with Gasteiger partial charge in [-0.2, -0.15) is 0 Å². The number of amides is 1. The smallest absolute Gasteiger partial charge is 0.256 e. The van der Waals surface area contributed by atoms with Crippen molar-refractivity contribution in [1.82, 2.24) is 15.0 Å². The zero-order valence-electron chi connectivity index (χ0n) is 19.6. The van der Waals surface area contributed by atoms with Crippen molar-refractivity contribution >= 4 is 29.1 Å². The van der Waals surface area contributed by atoms with E-state index in [-0.39, 0.29) is 17.4 Å².